The van der Waals surface area contributed by atoms with Crippen molar-refractivity contribution in [3.8, 4) is 11.5 Å². The molecule has 1 amide bonds. The molecular formula is C14H18BrClN2O3. The molecule has 0 spiro atoms. The third-order valence-electron chi connectivity index (χ3n) is 4.01. The predicted octanol–water partition coefficient (Wildman–Crippen LogP) is 2.41. The minimum atomic E-state index is 0. The molecule has 21 heavy (non-hydrogen) atoms. The molecule has 3 rings (SSSR count). The summed E-state index contributed by atoms with van der Waals surface area (Å²) in [6.07, 6.45) is 0.945. The molecule has 0 bridgehead atoms. The van der Waals surface area contributed by atoms with Crippen LogP contribution >= 0.6 is 28.3 Å². The van der Waals surface area contributed by atoms with Crippen molar-refractivity contribution in [2.75, 3.05) is 26.4 Å². The highest BCUT2D eigenvalue weighted by atomic mass is 79.9. The van der Waals surface area contributed by atoms with E-state index in [0.29, 0.717) is 30.2 Å². The van der Waals surface area contributed by atoms with Crippen LogP contribution in [-0.2, 0) is 0 Å². The summed E-state index contributed by atoms with van der Waals surface area (Å²) in [6.45, 7) is 4.37. The Morgan fingerprint density at radius 1 is 1.48 bits per heavy atom. The molecule has 2 aliphatic heterocycles. The average molecular weight is 378 g/mol. The Hall–Kier alpha value is -0.980. The Morgan fingerprint density at radius 2 is 2.24 bits per heavy atom. The van der Waals surface area contributed by atoms with Crippen molar-refractivity contribution in [3.63, 3.8) is 0 Å². The smallest absolute Gasteiger partial charge is 0.254 e. The molecule has 5 nitrogen and oxygen atoms in total. The zero-order chi connectivity index (χ0) is 14.3. The van der Waals surface area contributed by atoms with Crippen LogP contribution in [0.25, 0.3) is 0 Å². The van der Waals surface area contributed by atoms with E-state index >= 15 is 0 Å². The van der Waals surface area contributed by atoms with Gasteiger partial charge in [0, 0.05) is 18.7 Å². The number of amides is 1. The lowest BCUT2D eigenvalue weighted by atomic mass is 9.90. The Labute approximate surface area is 138 Å². The number of hydrogen-bond acceptors (Lipinski definition) is 4. The normalized spacial score (nSPS) is 23.1. The van der Waals surface area contributed by atoms with Crippen LogP contribution in [0.5, 0.6) is 11.5 Å². The number of rotatable bonds is 2. The number of hydrogen-bond donors (Lipinski definition) is 1. The predicted molar refractivity (Wildman–Crippen MR) is 85.2 cm³/mol. The number of ether oxygens (including phenoxy) is 2. The second-order valence-electron chi connectivity index (χ2n) is 5.68. The lowest BCUT2D eigenvalue weighted by Crippen LogP contribution is -2.34. The zero-order valence-electron chi connectivity index (χ0n) is 11.7. The average Bonchev–Trinajstić information content (AvgIpc) is 3.05. The van der Waals surface area contributed by atoms with Crippen molar-refractivity contribution < 1.29 is 14.3 Å². The highest BCUT2D eigenvalue weighted by molar-refractivity contribution is 9.10. The fraction of sp³-hybridized carbons (Fsp3) is 0.500. The highest BCUT2D eigenvalue weighted by Crippen LogP contribution is 2.40. The number of nitrogens with two attached hydrogens (primary N) is 1. The van der Waals surface area contributed by atoms with E-state index in [1.54, 1.807) is 12.1 Å². The van der Waals surface area contributed by atoms with E-state index in [2.05, 4.69) is 22.9 Å². The third kappa shape index (κ3) is 2.98. The van der Waals surface area contributed by atoms with Gasteiger partial charge in [-0.2, -0.15) is 0 Å². The second kappa shape index (κ2) is 6.02. The van der Waals surface area contributed by atoms with Crippen molar-refractivity contribution in [3.05, 3.63) is 22.2 Å². The summed E-state index contributed by atoms with van der Waals surface area (Å²) < 4.78 is 11.4. The van der Waals surface area contributed by atoms with Crippen molar-refractivity contribution >= 4 is 34.2 Å². The second-order valence-corrected chi connectivity index (χ2v) is 6.54. The van der Waals surface area contributed by atoms with Gasteiger partial charge in [0.05, 0.1) is 4.47 Å². The highest BCUT2D eigenvalue weighted by Gasteiger charge is 2.35. The SMILES string of the molecule is CC1(CN)CCN(C(=O)c2cc(Br)c3c(c2)OCO3)C1.Cl. The van der Waals surface area contributed by atoms with Gasteiger partial charge in [0.2, 0.25) is 6.79 Å². The van der Waals surface area contributed by atoms with Gasteiger partial charge in [-0.3, -0.25) is 4.79 Å². The summed E-state index contributed by atoms with van der Waals surface area (Å²) in [5.74, 6) is 1.29. The van der Waals surface area contributed by atoms with Gasteiger partial charge in [-0.25, -0.2) is 0 Å². The zero-order valence-corrected chi connectivity index (χ0v) is 14.1. The molecule has 1 fully saturated rings. The summed E-state index contributed by atoms with van der Waals surface area (Å²) in [5, 5.41) is 0. The van der Waals surface area contributed by atoms with E-state index in [9.17, 15) is 4.79 Å². The summed E-state index contributed by atoms with van der Waals surface area (Å²) in [4.78, 5) is 14.4. The van der Waals surface area contributed by atoms with E-state index in [-0.39, 0.29) is 30.5 Å². The number of benzene rings is 1. The van der Waals surface area contributed by atoms with Crippen molar-refractivity contribution in [1.82, 2.24) is 4.90 Å². The minimum absolute atomic E-state index is 0. The van der Waals surface area contributed by atoms with Crippen molar-refractivity contribution in [1.29, 1.82) is 0 Å². The van der Waals surface area contributed by atoms with Crippen molar-refractivity contribution in [2.24, 2.45) is 11.1 Å². The van der Waals surface area contributed by atoms with Crippen LogP contribution in [0.1, 0.15) is 23.7 Å². The van der Waals surface area contributed by atoms with Crippen LogP contribution < -0.4 is 15.2 Å². The van der Waals surface area contributed by atoms with Gasteiger partial charge in [0.1, 0.15) is 0 Å². The molecule has 0 aromatic heterocycles. The lowest BCUT2D eigenvalue weighted by Gasteiger charge is -2.22. The van der Waals surface area contributed by atoms with Crippen LogP contribution in [0.15, 0.2) is 16.6 Å². The van der Waals surface area contributed by atoms with Crippen molar-refractivity contribution in [2.45, 2.75) is 13.3 Å². The Morgan fingerprint density at radius 3 is 2.90 bits per heavy atom. The first kappa shape index (κ1) is 16.4. The standard InChI is InChI=1S/C14H17BrN2O3.ClH/c1-14(6-16)2-3-17(7-14)13(18)9-4-10(15)12-11(5-9)19-8-20-12;/h4-5H,2-3,6-8,16H2,1H3;1H. The first-order chi connectivity index (χ1) is 9.52. The van der Waals surface area contributed by atoms with Gasteiger partial charge < -0.3 is 20.1 Å². The van der Waals surface area contributed by atoms with Crippen LogP contribution in [0, 0.1) is 5.41 Å². The minimum Gasteiger partial charge on any atom is -0.454 e. The maximum Gasteiger partial charge on any atom is 0.254 e. The summed E-state index contributed by atoms with van der Waals surface area (Å²) in [5.41, 5.74) is 6.43. The van der Waals surface area contributed by atoms with Gasteiger partial charge in [0.15, 0.2) is 11.5 Å². The number of halogens is 2. The van der Waals surface area contributed by atoms with E-state index in [1.807, 2.05) is 4.90 Å². The van der Waals surface area contributed by atoms with E-state index in [0.717, 1.165) is 17.4 Å². The Kier molecular flexibility index (Phi) is 4.70. The number of carbonyl (C=O) groups is 1. The molecule has 1 saturated heterocycles. The fourth-order valence-electron chi connectivity index (χ4n) is 2.64. The molecule has 0 saturated carbocycles. The van der Waals surface area contributed by atoms with Crippen LogP contribution in [0.3, 0.4) is 0 Å². The van der Waals surface area contributed by atoms with Crippen LogP contribution in [0.4, 0.5) is 0 Å². The molecule has 0 aliphatic carbocycles. The Bertz CT molecular complexity index is 569. The molecule has 1 aromatic rings. The largest absolute Gasteiger partial charge is 0.454 e. The summed E-state index contributed by atoms with van der Waals surface area (Å²) >= 11 is 3.42. The van der Waals surface area contributed by atoms with E-state index in [1.165, 1.54) is 0 Å². The number of nitrogens with zero attached hydrogens (tertiary/aromatic N) is 1. The van der Waals surface area contributed by atoms with E-state index < -0.39 is 0 Å². The Balaban J connectivity index is 0.00000161. The molecule has 0 radical (unpaired) electrons. The third-order valence-corrected chi connectivity index (χ3v) is 4.60. The monoisotopic (exact) mass is 376 g/mol. The quantitative estimate of drug-likeness (QED) is 0.859. The van der Waals surface area contributed by atoms with Gasteiger partial charge >= 0.3 is 0 Å². The van der Waals surface area contributed by atoms with Gasteiger partial charge in [-0.05, 0) is 46.4 Å². The molecule has 1 unspecified atom stereocenters. The molecule has 2 N–H and O–H groups in total. The first-order valence-corrected chi connectivity index (χ1v) is 7.40. The maximum absolute atomic E-state index is 12.6. The van der Waals surface area contributed by atoms with Gasteiger partial charge in [-0.15, -0.1) is 12.4 Å². The molecule has 1 aromatic carbocycles. The summed E-state index contributed by atoms with van der Waals surface area (Å²) in [7, 11) is 0. The molecule has 2 aliphatic rings. The van der Waals surface area contributed by atoms with Gasteiger partial charge in [0.25, 0.3) is 5.91 Å². The molecule has 2 heterocycles. The molecule has 1 atom stereocenters. The van der Waals surface area contributed by atoms with Crippen LogP contribution in [0.2, 0.25) is 0 Å². The topological polar surface area (TPSA) is 64.8 Å². The van der Waals surface area contributed by atoms with E-state index in [4.69, 9.17) is 15.2 Å². The molecule has 7 heteroatoms. The molecular weight excluding hydrogens is 360 g/mol. The number of carbonyl (C=O) groups excluding carboxylic acids is 1. The number of fused-ring (bicyclic) bond motifs is 1. The maximum atomic E-state index is 12.6. The summed E-state index contributed by atoms with van der Waals surface area (Å²) in [6, 6.07) is 3.53. The van der Waals surface area contributed by atoms with Gasteiger partial charge in [-0.1, -0.05) is 6.92 Å². The fourth-order valence-corrected chi connectivity index (χ4v) is 3.19. The first-order valence-electron chi connectivity index (χ1n) is 6.61. The molecule has 116 valence electrons. The lowest BCUT2D eigenvalue weighted by molar-refractivity contribution is 0.0776. The van der Waals surface area contributed by atoms with Crippen LogP contribution in [-0.4, -0.2) is 37.2 Å². The number of likely N-dealkylation sites (tertiary alicyclic amines) is 1.